The standard InChI is InChI=1S/C9H11NS/c1-5-9(3,4)8-6-11-7(2)10-8/h1,6H,2-4H3. The van der Waals surface area contributed by atoms with Crippen molar-refractivity contribution in [3.05, 3.63) is 16.1 Å². The molecule has 0 atom stereocenters. The first-order valence-electron chi connectivity index (χ1n) is 3.46. The lowest BCUT2D eigenvalue weighted by Crippen LogP contribution is -2.14. The van der Waals surface area contributed by atoms with Gasteiger partial charge in [0.05, 0.1) is 16.1 Å². The maximum atomic E-state index is 5.36. The number of hydrogen-bond donors (Lipinski definition) is 0. The maximum absolute atomic E-state index is 5.36. The van der Waals surface area contributed by atoms with Crippen LogP contribution in [0.3, 0.4) is 0 Å². The molecule has 1 heterocycles. The van der Waals surface area contributed by atoms with Gasteiger partial charge in [0.1, 0.15) is 0 Å². The van der Waals surface area contributed by atoms with E-state index < -0.39 is 0 Å². The first-order chi connectivity index (χ1) is 5.06. The van der Waals surface area contributed by atoms with Gasteiger partial charge in [-0.3, -0.25) is 0 Å². The Labute approximate surface area is 71.5 Å². The SMILES string of the molecule is C#CC(C)(C)c1csc(C)n1. The van der Waals surface area contributed by atoms with Crippen LogP contribution in [0.1, 0.15) is 24.5 Å². The van der Waals surface area contributed by atoms with Crippen LogP contribution in [-0.2, 0) is 5.41 Å². The third-order valence-electron chi connectivity index (χ3n) is 1.62. The number of rotatable bonds is 1. The lowest BCUT2D eigenvalue weighted by molar-refractivity contribution is 0.674. The van der Waals surface area contributed by atoms with Crippen molar-refractivity contribution in [2.24, 2.45) is 0 Å². The molecule has 0 N–H and O–H groups in total. The van der Waals surface area contributed by atoms with Crippen molar-refractivity contribution in [3.8, 4) is 12.3 Å². The molecule has 0 amide bonds. The average molecular weight is 165 g/mol. The van der Waals surface area contributed by atoms with Gasteiger partial charge in [-0.1, -0.05) is 5.92 Å². The van der Waals surface area contributed by atoms with Crippen molar-refractivity contribution in [1.82, 2.24) is 4.98 Å². The molecule has 0 unspecified atom stereocenters. The van der Waals surface area contributed by atoms with Gasteiger partial charge in [0, 0.05) is 5.38 Å². The predicted octanol–water partition coefficient (Wildman–Crippen LogP) is 2.36. The number of thiazole rings is 1. The van der Waals surface area contributed by atoms with Gasteiger partial charge < -0.3 is 0 Å². The zero-order valence-corrected chi connectivity index (χ0v) is 7.83. The van der Waals surface area contributed by atoms with Crippen LogP contribution in [0, 0.1) is 19.3 Å². The van der Waals surface area contributed by atoms with Crippen LogP contribution < -0.4 is 0 Å². The minimum absolute atomic E-state index is 0.218. The van der Waals surface area contributed by atoms with E-state index in [0.717, 1.165) is 10.7 Å². The second kappa shape index (κ2) is 2.67. The molecule has 58 valence electrons. The van der Waals surface area contributed by atoms with E-state index in [1.807, 2.05) is 26.2 Å². The molecule has 1 nitrogen and oxygen atoms in total. The molecule has 0 fully saturated rings. The van der Waals surface area contributed by atoms with Crippen molar-refractivity contribution in [2.75, 3.05) is 0 Å². The summed E-state index contributed by atoms with van der Waals surface area (Å²) in [5, 5.41) is 3.10. The van der Waals surface area contributed by atoms with Gasteiger partial charge in [-0.2, -0.15) is 0 Å². The summed E-state index contributed by atoms with van der Waals surface area (Å²) in [6.45, 7) is 5.99. The molecule has 1 aromatic heterocycles. The average Bonchev–Trinajstić information content (AvgIpc) is 2.36. The van der Waals surface area contributed by atoms with Gasteiger partial charge in [-0.25, -0.2) is 4.98 Å². The molecule has 1 aromatic rings. The van der Waals surface area contributed by atoms with Crippen LogP contribution >= 0.6 is 11.3 Å². The Morgan fingerprint density at radius 2 is 2.27 bits per heavy atom. The zero-order chi connectivity index (χ0) is 8.48. The number of hydrogen-bond acceptors (Lipinski definition) is 2. The van der Waals surface area contributed by atoms with Gasteiger partial charge >= 0.3 is 0 Å². The molecule has 0 spiro atoms. The van der Waals surface area contributed by atoms with E-state index in [1.165, 1.54) is 0 Å². The van der Waals surface area contributed by atoms with Gasteiger partial charge in [-0.15, -0.1) is 17.8 Å². The summed E-state index contributed by atoms with van der Waals surface area (Å²) < 4.78 is 0. The largest absolute Gasteiger partial charge is 0.245 e. The van der Waals surface area contributed by atoms with Crippen LogP contribution in [0.5, 0.6) is 0 Å². The molecule has 0 aliphatic rings. The molecule has 0 aromatic carbocycles. The Morgan fingerprint density at radius 3 is 2.64 bits per heavy atom. The van der Waals surface area contributed by atoms with Crippen molar-refractivity contribution >= 4 is 11.3 Å². The number of aryl methyl sites for hydroxylation is 1. The normalized spacial score (nSPS) is 11.1. The van der Waals surface area contributed by atoms with Crippen molar-refractivity contribution in [1.29, 1.82) is 0 Å². The summed E-state index contributed by atoms with van der Waals surface area (Å²) in [6.07, 6.45) is 5.36. The van der Waals surface area contributed by atoms with E-state index in [-0.39, 0.29) is 5.41 Å². The fraction of sp³-hybridized carbons (Fsp3) is 0.444. The highest BCUT2D eigenvalue weighted by molar-refractivity contribution is 7.09. The summed E-state index contributed by atoms with van der Waals surface area (Å²) in [5.74, 6) is 2.72. The molecule has 11 heavy (non-hydrogen) atoms. The summed E-state index contributed by atoms with van der Waals surface area (Å²) >= 11 is 1.64. The van der Waals surface area contributed by atoms with Crippen LogP contribution in [0.25, 0.3) is 0 Å². The highest BCUT2D eigenvalue weighted by Gasteiger charge is 2.19. The fourth-order valence-electron chi connectivity index (χ4n) is 0.724. The van der Waals surface area contributed by atoms with Crippen LogP contribution in [-0.4, -0.2) is 4.98 Å². The lowest BCUT2D eigenvalue weighted by Gasteiger charge is -2.13. The van der Waals surface area contributed by atoms with Crippen LogP contribution in [0.15, 0.2) is 5.38 Å². The van der Waals surface area contributed by atoms with E-state index in [4.69, 9.17) is 6.42 Å². The van der Waals surface area contributed by atoms with Crippen molar-refractivity contribution in [2.45, 2.75) is 26.2 Å². The first kappa shape index (κ1) is 8.29. The highest BCUT2D eigenvalue weighted by atomic mass is 32.1. The Morgan fingerprint density at radius 1 is 1.64 bits per heavy atom. The van der Waals surface area contributed by atoms with E-state index in [0.29, 0.717) is 0 Å². The minimum atomic E-state index is -0.218. The maximum Gasteiger partial charge on any atom is 0.0897 e. The quantitative estimate of drug-likeness (QED) is 0.582. The van der Waals surface area contributed by atoms with Crippen molar-refractivity contribution < 1.29 is 0 Å². The monoisotopic (exact) mass is 165 g/mol. The second-order valence-electron chi connectivity index (χ2n) is 3.02. The summed E-state index contributed by atoms with van der Waals surface area (Å²) in [4.78, 5) is 4.33. The van der Waals surface area contributed by atoms with Gasteiger partial charge in [0.2, 0.25) is 0 Å². The molecule has 1 rings (SSSR count). The first-order valence-corrected chi connectivity index (χ1v) is 4.34. The lowest BCUT2D eigenvalue weighted by atomic mass is 9.92. The highest BCUT2D eigenvalue weighted by Crippen LogP contribution is 2.23. The molecule has 0 saturated carbocycles. The van der Waals surface area contributed by atoms with E-state index in [9.17, 15) is 0 Å². The van der Waals surface area contributed by atoms with Crippen molar-refractivity contribution in [3.63, 3.8) is 0 Å². The van der Waals surface area contributed by atoms with Gasteiger partial charge in [0.25, 0.3) is 0 Å². The smallest absolute Gasteiger partial charge is 0.0897 e. The van der Waals surface area contributed by atoms with E-state index in [2.05, 4.69) is 10.9 Å². The van der Waals surface area contributed by atoms with Gasteiger partial charge in [0.15, 0.2) is 0 Å². The summed E-state index contributed by atoms with van der Waals surface area (Å²) in [7, 11) is 0. The molecule has 0 radical (unpaired) electrons. The molecule has 0 saturated heterocycles. The molecule has 0 aliphatic carbocycles. The summed E-state index contributed by atoms with van der Waals surface area (Å²) in [6, 6.07) is 0. The van der Waals surface area contributed by atoms with Crippen LogP contribution in [0.4, 0.5) is 0 Å². The van der Waals surface area contributed by atoms with E-state index >= 15 is 0 Å². The third kappa shape index (κ3) is 1.61. The molecular weight excluding hydrogens is 154 g/mol. The van der Waals surface area contributed by atoms with Gasteiger partial charge in [-0.05, 0) is 20.8 Å². The van der Waals surface area contributed by atoms with E-state index in [1.54, 1.807) is 11.3 Å². The molecule has 2 heteroatoms. The second-order valence-corrected chi connectivity index (χ2v) is 4.08. The Balaban J connectivity index is 3.04. The summed E-state index contributed by atoms with van der Waals surface area (Å²) in [5.41, 5.74) is 0.785. The van der Waals surface area contributed by atoms with Crippen LogP contribution in [0.2, 0.25) is 0 Å². The molecular formula is C9H11NS. The Kier molecular flexibility index (Phi) is 2.01. The third-order valence-corrected chi connectivity index (χ3v) is 2.39. The minimum Gasteiger partial charge on any atom is -0.245 e. The Hall–Kier alpha value is -0.810. The number of terminal acetylenes is 1. The number of nitrogens with zero attached hydrogens (tertiary/aromatic N) is 1. The zero-order valence-electron chi connectivity index (χ0n) is 7.01. The Bertz CT molecular complexity index is 291. The molecule has 0 aliphatic heterocycles. The molecule has 0 bridgehead atoms. The number of aromatic nitrogens is 1. The topological polar surface area (TPSA) is 12.9 Å². The fourth-order valence-corrected chi connectivity index (χ4v) is 1.51. The predicted molar refractivity (Wildman–Crippen MR) is 48.7 cm³/mol.